The fourth-order valence-electron chi connectivity index (χ4n) is 1.70. The highest BCUT2D eigenvalue weighted by molar-refractivity contribution is 5.92. The molecular weight excluding hydrogens is 218 g/mol. The summed E-state index contributed by atoms with van der Waals surface area (Å²) in [7, 11) is 3.19. The molecule has 0 aliphatic rings. The number of hydrogen-bond acceptors (Lipinski definition) is 3. The molecule has 1 amide bonds. The molecule has 4 heteroatoms. The minimum absolute atomic E-state index is 0.00429. The van der Waals surface area contributed by atoms with Gasteiger partial charge in [-0.1, -0.05) is 6.92 Å². The minimum Gasteiger partial charge on any atom is -0.496 e. The van der Waals surface area contributed by atoms with E-state index in [-0.39, 0.29) is 5.91 Å². The Morgan fingerprint density at radius 1 is 1.29 bits per heavy atom. The molecule has 0 saturated carbocycles. The molecular formula is C13H19NO3. The van der Waals surface area contributed by atoms with Crippen molar-refractivity contribution < 1.29 is 14.3 Å². The Kier molecular flexibility index (Phi) is 4.82. The molecule has 0 radical (unpaired) electrons. The zero-order valence-electron chi connectivity index (χ0n) is 10.8. The highest BCUT2D eigenvalue weighted by atomic mass is 16.5. The van der Waals surface area contributed by atoms with Crippen LogP contribution in [0.25, 0.3) is 0 Å². The normalized spacial score (nSPS) is 9.88. The van der Waals surface area contributed by atoms with Gasteiger partial charge in [0.2, 0.25) is 5.91 Å². The van der Waals surface area contributed by atoms with Crippen molar-refractivity contribution in [2.24, 2.45) is 0 Å². The zero-order valence-corrected chi connectivity index (χ0v) is 10.8. The Balaban J connectivity index is 3.00. The maximum Gasteiger partial charge on any atom is 0.224 e. The largest absolute Gasteiger partial charge is 0.496 e. The number of benzene rings is 1. The lowest BCUT2D eigenvalue weighted by Gasteiger charge is -2.14. The quantitative estimate of drug-likeness (QED) is 0.856. The lowest BCUT2D eigenvalue weighted by molar-refractivity contribution is -0.116. The van der Waals surface area contributed by atoms with Crippen LogP contribution in [0.5, 0.6) is 11.5 Å². The van der Waals surface area contributed by atoms with Crippen molar-refractivity contribution in [3.05, 3.63) is 17.7 Å². The predicted molar refractivity (Wildman–Crippen MR) is 67.8 cm³/mol. The number of ether oxygens (including phenoxy) is 2. The van der Waals surface area contributed by atoms with Crippen LogP contribution in [0.15, 0.2) is 12.1 Å². The first-order valence-corrected chi connectivity index (χ1v) is 5.65. The Hall–Kier alpha value is -1.71. The molecule has 1 aromatic carbocycles. The van der Waals surface area contributed by atoms with Gasteiger partial charge in [-0.2, -0.15) is 0 Å². The molecule has 0 aromatic heterocycles. The third-order valence-electron chi connectivity index (χ3n) is 2.53. The van der Waals surface area contributed by atoms with Crippen LogP contribution in [0.2, 0.25) is 0 Å². The monoisotopic (exact) mass is 237 g/mol. The average molecular weight is 237 g/mol. The number of methoxy groups -OCH3 is 2. The van der Waals surface area contributed by atoms with E-state index in [0.29, 0.717) is 17.9 Å². The van der Waals surface area contributed by atoms with E-state index in [1.54, 1.807) is 20.3 Å². The van der Waals surface area contributed by atoms with Crippen molar-refractivity contribution in [2.45, 2.75) is 26.7 Å². The van der Waals surface area contributed by atoms with Crippen LogP contribution < -0.4 is 14.8 Å². The summed E-state index contributed by atoms with van der Waals surface area (Å²) in [6, 6.07) is 3.61. The highest BCUT2D eigenvalue weighted by Gasteiger charge is 2.12. The van der Waals surface area contributed by atoms with E-state index in [4.69, 9.17) is 9.47 Å². The van der Waals surface area contributed by atoms with Crippen LogP contribution in [0.3, 0.4) is 0 Å². The molecule has 0 atom stereocenters. The van der Waals surface area contributed by atoms with Crippen LogP contribution in [0.4, 0.5) is 5.69 Å². The summed E-state index contributed by atoms with van der Waals surface area (Å²) < 4.78 is 10.5. The van der Waals surface area contributed by atoms with E-state index in [1.807, 2.05) is 19.9 Å². The number of nitrogens with one attached hydrogen (secondary N) is 1. The first-order valence-electron chi connectivity index (χ1n) is 5.65. The van der Waals surface area contributed by atoms with E-state index in [2.05, 4.69) is 5.32 Å². The van der Waals surface area contributed by atoms with Crippen LogP contribution >= 0.6 is 0 Å². The smallest absolute Gasteiger partial charge is 0.224 e. The van der Waals surface area contributed by atoms with E-state index in [0.717, 1.165) is 17.7 Å². The molecule has 0 heterocycles. The summed E-state index contributed by atoms with van der Waals surface area (Å²) in [6.45, 7) is 3.86. The molecule has 0 spiro atoms. The Labute approximate surface area is 102 Å². The fraction of sp³-hybridized carbons (Fsp3) is 0.462. The SMILES string of the molecule is CCCC(=O)Nc1ccc(OC)c(C)c1OC. The molecule has 0 saturated heterocycles. The van der Waals surface area contributed by atoms with Crippen molar-refractivity contribution in [2.75, 3.05) is 19.5 Å². The maximum absolute atomic E-state index is 11.5. The number of rotatable bonds is 5. The molecule has 0 fully saturated rings. The molecule has 0 aliphatic heterocycles. The van der Waals surface area contributed by atoms with Crippen molar-refractivity contribution in [3.8, 4) is 11.5 Å². The first kappa shape index (κ1) is 13.4. The van der Waals surface area contributed by atoms with E-state index in [1.165, 1.54) is 0 Å². The van der Waals surface area contributed by atoms with Gasteiger partial charge in [0.25, 0.3) is 0 Å². The summed E-state index contributed by atoms with van der Waals surface area (Å²) >= 11 is 0. The van der Waals surface area contributed by atoms with Gasteiger partial charge in [-0.15, -0.1) is 0 Å². The third kappa shape index (κ3) is 3.12. The first-order chi connectivity index (χ1) is 8.13. The summed E-state index contributed by atoms with van der Waals surface area (Å²) in [5, 5.41) is 2.84. The molecule has 1 rings (SSSR count). The van der Waals surface area contributed by atoms with Gasteiger partial charge in [-0.3, -0.25) is 4.79 Å². The molecule has 0 aliphatic carbocycles. The molecule has 4 nitrogen and oxygen atoms in total. The molecule has 0 unspecified atom stereocenters. The minimum atomic E-state index is -0.00429. The van der Waals surface area contributed by atoms with Crippen molar-refractivity contribution >= 4 is 11.6 Å². The number of amides is 1. The standard InChI is InChI=1S/C13H19NO3/c1-5-6-12(15)14-10-7-8-11(16-3)9(2)13(10)17-4/h7-8H,5-6H2,1-4H3,(H,14,15). The Morgan fingerprint density at radius 2 is 2.00 bits per heavy atom. The van der Waals surface area contributed by atoms with Gasteiger partial charge >= 0.3 is 0 Å². The summed E-state index contributed by atoms with van der Waals surface area (Å²) in [5.41, 5.74) is 1.56. The van der Waals surface area contributed by atoms with Gasteiger partial charge in [0.1, 0.15) is 11.5 Å². The zero-order chi connectivity index (χ0) is 12.8. The van der Waals surface area contributed by atoms with E-state index < -0.39 is 0 Å². The number of anilines is 1. The lowest BCUT2D eigenvalue weighted by Crippen LogP contribution is -2.12. The molecule has 1 N–H and O–H groups in total. The predicted octanol–water partition coefficient (Wildman–Crippen LogP) is 2.75. The molecule has 94 valence electrons. The topological polar surface area (TPSA) is 47.6 Å². The second-order valence-electron chi connectivity index (χ2n) is 3.77. The van der Waals surface area contributed by atoms with Crippen LogP contribution in [0.1, 0.15) is 25.3 Å². The number of carbonyl (C=O) groups is 1. The van der Waals surface area contributed by atoms with Gasteiger partial charge in [0.05, 0.1) is 19.9 Å². The maximum atomic E-state index is 11.5. The average Bonchev–Trinajstić information content (AvgIpc) is 2.30. The molecule has 1 aromatic rings. The van der Waals surface area contributed by atoms with Gasteiger partial charge < -0.3 is 14.8 Å². The number of carbonyl (C=O) groups excluding carboxylic acids is 1. The van der Waals surface area contributed by atoms with Crippen molar-refractivity contribution in [1.82, 2.24) is 0 Å². The lowest BCUT2D eigenvalue weighted by atomic mass is 10.1. The van der Waals surface area contributed by atoms with E-state index in [9.17, 15) is 4.79 Å². The van der Waals surface area contributed by atoms with Crippen molar-refractivity contribution in [1.29, 1.82) is 0 Å². The highest BCUT2D eigenvalue weighted by Crippen LogP contribution is 2.34. The van der Waals surface area contributed by atoms with Gasteiger partial charge in [0.15, 0.2) is 0 Å². The van der Waals surface area contributed by atoms with Crippen molar-refractivity contribution in [3.63, 3.8) is 0 Å². The second-order valence-corrected chi connectivity index (χ2v) is 3.77. The van der Waals surface area contributed by atoms with Gasteiger partial charge in [-0.25, -0.2) is 0 Å². The van der Waals surface area contributed by atoms with Crippen LogP contribution in [-0.4, -0.2) is 20.1 Å². The number of hydrogen-bond donors (Lipinski definition) is 1. The second kappa shape index (κ2) is 6.13. The van der Waals surface area contributed by atoms with E-state index >= 15 is 0 Å². The fourth-order valence-corrected chi connectivity index (χ4v) is 1.70. The third-order valence-corrected chi connectivity index (χ3v) is 2.53. The van der Waals surface area contributed by atoms with Gasteiger partial charge in [0, 0.05) is 12.0 Å². The summed E-state index contributed by atoms with van der Waals surface area (Å²) in [6.07, 6.45) is 1.33. The Bertz CT molecular complexity index is 402. The van der Waals surface area contributed by atoms with Crippen LogP contribution in [-0.2, 0) is 4.79 Å². The molecule has 17 heavy (non-hydrogen) atoms. The Morgan fingerprint density at radius 3 is 2.53 bits per heavy atom. The summed E-state index contributed by atoms with van der Waals surface area (Å²) in [5.74, 6) is 1.39. The van der Waals surface area contributed by atoms with Gasteiger partial charge in [-0.05, 0) is 25.5 Å². The van der Waals surface area contributed by atoms with Crippen LogP contribution in [0, 0.1) is 6.92 Å². The summed E-state index contributed by atoms with van der Waals surface area (Å²) in [4.78, 5) is 11.5. The molecule has 0 bridgehead atoms.